The van der Waals surface area contributed by atoms with Gasteiger partial charge in [0.2, 0.25) is 0 Å². The van der Waals surface area contributed by atoms with Gasteiger partial charge in [0, 0.05) is 47.8 Å². The predicted octanol–water partition coefficient (Wildman–Crippen LogP) is 13.2. The number of pyridine rings is 1. The van der Waals surface area contributed by atoms with Crippen molar-refractivity contribution in [1.82, 2.24) is 9.55 Å². The number of para-hydroxylation sites is 2. The maximum atomic E-state index is 5.31. The Kier molecular flexibility index (Phi) is 6.71. The van der Waals surface area contributed by atoms with Crippen molar-refractivity contribution >= 4 is 53.3 Å². The van der Waals surface area contributed by atoms with E-state index in [1.54, 1.807) is 0 Å². The van der Waals surface area contributed by atoms with Crippen LogP contribution in [-0.4, -0.2) is 9.55 Å². The van der Waals surface area contributed by atoms with Crippen molar-refractivity contribution in [3.8, 4) is 50.5 Å². The minimum Gasteiger partial charge on any atom is -0.309 e. The smallest absolute Gasteiger partial charge is 0.0715 e. The van der Waals surface area contributed by atoms with Gasteiger partial charge in [-0.05, 0) is 64.7 Å². The van der Waals surface area contributed by atoms with E-state index in [0.29, 0.717) is 0 Å². The summed E-state index contributed by atoms with van der Waals surface area (Å²) in [5, 5.41) is 5.13. The fraction of sp³-hybridized carbons (Fsp3) is 0. The standard InChI is InChI=1S/C47H30N2S/c1-2-11-31(12-3-1)32-21-23-33(24-22-32)42-29-35(37-16-10-17-41-40-15-6-9-20-46(40)50-47(37)41)30-43(48-42)34-25-27-36(28-26-34)49-44-18-7-4-13-38(44)39-14-5-8-19-45(39)49/h1-30H. The molecule has 0 fully saturated rings. The molecule has 3 heteroatoms. The molecular weight excluding hydrogens is 625 g/mol. The molecule has 10 aromatic rings. The summed E-state index contributed by atoms with van der Waals surface area (Å²) in [6.07, 6.45) is 0. The zero-order valence-corrected chi connectivity index (χ0v) is 27.9. The third kappa shape index (κ3) is 4.74. The number of thiophene rings is 1. The molecule has 2 nitrogen and oxygen atoms in total. The van der Waals surface area contributed by atoms with Crippen molar-refractivity contribution < 1.29 is 0 Å². The summed E-state index contributed by atoms with van der Waals surface area (Å²) in [7, 11) is 0. The van der Waals surface area contributed by atoms with Crippen molar-refractivity contribution in [2.75, 3.05) is 0 Å². The van der Waals surface area contributed by atoms with E-state index in [0.717, 1.165) is 28.2 Å². The molecule has 0 radical (unpaired) electrons. The molecule has 10 rings (SSSR count). The largest absolute Gasteiger partial charge is 0.309 e. The van der Waals surface area contributed by atoms with E-state index in [1.165, 1.54) is 64.2 Å². The third-order valence-corrected chi connectivity index (χ3v) is 11.0. The van der Waals surface area contributed by atoms with Gasteiger partial charge in [0.25, 0.3) is 0 Å². The van der Waals surface area contributed by atoms with E-state index in [4.69, 9.17) is 4.98 Å². The SMILES string of the molecule is c1ccc(-c2ccc(-c3cc(-c4cccc5c4sc4ccccc45)cc(-c4ccc(-n5c6ccccc6c6ccccc65)cc4)n3)cc2)cc1. The minimum absolute atomic E-state index is 0.955. The van der Waals surface area contributed by atoms with Crippen LogP contribution in [-0.2, 0) is 0 Å². The molecule has 7 aromatic carbocycles. The van der Waals surface area contributed by atoms with Crippen LogP contribution in [0.15, 0.2) is 182 Å². The highest BCUT2D eigenvalue weighted by atomic mass is 32.1. The van der Waals surface area contributed by atoms with E-state index in [9.17, 15) is 0 Å². The van der Waals surface area contributed by atoms with Gasteiger partial charge in [-0.15, -0.1) is 11.3 Å². The Labute approximate surface area is 294 Å². The average molecular weight is 655 g/mol. The molecular formula is C47H30N2S. The highest BCUT2D eigenvalue weighted by Crippen LogP contribution is 2.41. The first-order valence-electron chi connectivity index (χ1n) is 17.0. The monoisotopic (exact) mass is 654 g/mol. The number of nitrogens with zero attached hydrogens (tertiary/aromatic N) is 2. The van der Waals surface area contributed by atoms with E-state index in [1.807, 2.05) is 11.3 Å². The molecule has 3 heterocycles. The second-order valence-electron chi connectivity index (χ2n) is 12.8. The molecule has 234 valence electrons. The molecule has 0 N–H and O–H groups in total. The first-order chi connectivity index (χ1) is 24.8. The Morgan fingerprint density at radius 2 is 0.900 bits per heavy atom. The number of hydrogen-bond donors (Lipinski definition) is 0. The molecule has 0 saturated carbocycles. The molecule has 0 bridgehead atoms. The number of fused-ring (bicyclic) bond motifs is 6. The van der Waals surface area contributed by atoms with Crippen molar-refractivity contribution in [2.24, 2.45) is 0 Å². The van der Waals surface area contributed by atoms with Crippen molar-refractivity contribution in [1.29, 1.82) is 0 Å². The fourth-order valence-corrected chi connectivity index (χ4v) is 8.64. The summed E-state index contributed by atoms with van der Waals surface area (Å²) in [6, 6.07) is 65.4. The predicted molar refractivity (Wildman–Crippen MR) is 213 cm³/mol. The quantitative estimate of drug-likeness (QED) is 0.181. The van der Waals surface area contributed by atoms with Crippen LogP contribution >= 0.6 is 11.3 Å². The maximum Gasteiger partial charge on any atom is 0.0715 e. The van der Waals surface area contributed by atoms with E-state index in [-0.39, 0.29) is 0 Å². The summed E-state index contributed by atoms with van der Waals surface area (Å²) < 4.78 is 4.97. The molecule has 0 aliphatic heterocycles. The van der Waals surface area contributed by atoms with E-state index in [2.05, 4.69) is 187 Å². The van der Waals surface area contributed by atoms with E-state index >= 15 is 0 Å². The number of benzene rings is 7. The maximum absolute atomic E-state index is 5.31. The molecule has 0 spiro atoms. The Morgan fingerprint density at radius 1 is 0.380 bits per heavy atom. The van der Waals surface area contributed by atoms with Gasteiger partial charge in [-0.3, -0.25) is 0 Å². The lowest BCUT2D eigenvalue weighted by Crippen LogP contribution is -1.95. The van der Waals surface area contributed by atoms with Crippen molar-refractivity contribution in [3.63, 3.8) is 0 Å². The van der Waals surface area contributed by atoms with Crippen LogP contribution in [0.2, 0.25) is 0 Å². The second-order valence-corrected chi connectivity index (χ2v) is 13.8. The summed E-state index contributed by atoms with van der Waals surface area (Å²) >= 11 is 1.87. The van der Waals surface area contributed by atoms with Crippen LogP contribution in [0.1, 0.15) is 0 Å². The zero-order valence-electron chi connectivity index (χ0n) is 27.1. The van der Waals surface area contributed by atoms with Crippen LogP contribution in [0.4, 0.5) is 0 Å². The second kappa shape index (κ2) is 11.7. The number of rotatable bonds is 5. The van der Waals surface area contributed by atoms with Crippen LogP contribution in [0.3, 0.4) is 0 Å². The van der Waals surface area contributed by atoms with Gasteiger partial charge >= 0.3 is 0 Å². The summed E-state index contributed by atoms with van der Waals surface area (Å²) in [6.45, 7) is 0. The van der Waals surface area contributed by atoms with Crippen molar-refractivity contribution in [2.45, 2.75) is 0 Å². The summed E-state index contributed by atoms with van der Waals surface area (Å²) in [4.78, 5) is 5.31. The molecule has 0 unspecified atom stereocenters. The van der Waals surface area contributed by atoms with Gasteiger partial charge in [0.15, 0.2) is 0 Å². The minimum atomic E-state index is 0.955. The Bertz CT molecular complexity index is 2790. The molecule has 0 saturated heterocycles. The normalized spacial score (nSPS) is 11.6. The van der Waals surface area contributed by atoms with E-state index < -0.39 is 0 Å². The lowest BCUT2D eigenvalue weighted by molar-refractivity contribution is 1.18. The topological polar surface area (TPSA) is 17.8 Å². The summed E-state index contributed by atoms with van der Waals surface area (Å²) in [5.74, 6) is 0. The van der Waals surface area contributed by atoms with Gasteiger partial charge < -0.3 is 4.57 Å². The molecule has 0 atom stereocenters. The highest BCUT2D eigenvalue weighted by Gasteiger charge is 2.16. The fourth-order valence-electron chi connectivity index (χ4n) is 7.40. The van der Waals surface area contributed by atoms with Gasteiger partial charge in [-0.1, -0.05) is 140 Å². The van der Waals surface area contributed by atoms with Crippen LogP contribution in [0.5, 0.6) is 0 Å². The lowest BCUT2D eigenvalue weighted by atomic mass is 9.97. The molecule has 3 aromatic heterocycles. The average Bonchev–Trinajstić information content (AvgIpc) is 3.74. The Balaban J connectivity index is 1.13. The molecule has 0 aliphatic rings. The van der Waals surface area contributed by atoms with Crippen LogP contribution < -0.4 is 0 Å². The zero-order chi connectivity index (χ0) is 33.0. The highest BCUT2D eigenvalue weighted by molar-refractivity contribution is 7.26. The van der Waals surface area contributed by atoms with Gasteiger partial charge in [-0.25, -0.2) is 4.98 Å². The van der Waals surface area contributed by atoms with Crippen LogP contribution in [0.25, 0.3) is 92.4 Å². The number of aromatic nitrogens is 2. The van der Waals surface area contributed by atoms with Gasteiger partial charge in [0.05, 0.1) is 22.4 Å². The first kappa shape index (κ1) is 28.7. The first-order valence-corrected chi connectivity index (χ1v) is 17.8. The molecule has 0 aliphatic carbocycles. The van der Waals surface area contributed by atoms with Gasteiger partial charge in [-0.2, -0.15) is 0 Å². The summed E-state index contributed by atoms with van der Waals surface area (Å²) in [5.41, 5.74) is 12.4. The molecule has 50 heavy (non-hydrogen) atoms. The molecule has 0 amide bonds. The lowest BCUT2D eigenvalue weighted by Gasteiger charge is -2.13. The van der Waals surface area contributed by atoms with Gasteiger partial charge in [0.1, 0.15) is 0 Å². The Morgan fingerprint density at radius 3 is 1.58 bits per heavy atom. The van der Waals surface area contributed by atoms with Crippen LogP contribution in [0, 0.1) is 0 Å². The third-order valence-electron chi connectivity index (χ3n) is 9.83. The van der Waals surface area contributed by atoms with Crippen molar-refractivity contribution in [3.05, 3.63) is 182 Å². The Hall–Kier alpha value is -6.29. The number of hydrogen-bond acceptors (Lipinski definition) is 2.